The summed E-state index contributed by atoms with van der Waals surface area (Å²) in [5, 5.41) is 9.29. The smallest absolute Gasteiger partial charge is 0.243 e. The molecule has 106 valence electrons. The molecule has 0 radical (unpaired) electrons. The van der Waals surface area contributed by atoms with Crippen molar-refractivity contribution < 1.29 is 17.9 Å². The predicted molar refractivity (Wildman–Crippen MR) is 72.5 cm³/mol. The monoisotopic (exact) mass is 352 g/mol. The molecular weight excluding hydrogens is 339 g/mol. The molecule has 1 fully saturated rings. The molecule has 1 aliphatic rings. The Balaban J connectivity index is 2.37. The van der Waals surface area contributed by atoms with Crippen LogP contribution < -0.4 is 10.5 Å². The van der Waals surface area contributed by atoms with Gasteiger partial charge in [-0.05, 0) is 47.3 Å². The average molecular weight is 353 g/mol. The van der Waals surface area contributed by atoms with Gasteiger partial charge in [0, 0.05) is 0 Å². The summed E-state index contributed by atoms with van der Waals surface area (Å²) in [6.07, 6.45) is 2.00. The number of aliphatic hydroxyl groups is 1. The molecule has 1 aromatic rings. The highest BCUT2D eigenvalue weighted by atomic mass is 79.9. The van der Waals surface area contributed by atoms with Crippen LogP contribution >= 0.6 is 15.9 Å². The van der Waals surface area contributed by atoms with Crippen molar-refractivity contribution in [3.05, 3.63) is 22.4 Å². The van der Waals surface area contributed by atoms with E-state index in [2.05, 4.69) is 20.7 Å². The lowest BCUT2D eigenvalue weighted by atomic mass is 9.78. The van der Waals surface area contributed by atoms with Crippen molar-refractivity contribution in [1.82, 2.24) is 4.72 Å². The van der Waals surface area contributed by atoms with E-state index in [4.69, 9.17) is 5.73 Å². The number of nitrogens with two attached hydrogens (primary N) is 1. The van der Waals surface area contributed by atoms with Crippen LogP contribution in [-0.2, 0) is 10.0 Å². The maximum atomic E-state index is 13.2. The Bertz CT molecular complexity index is 597. The Hall–Kier alpha value is -0.700. The average Bonchev–Trinajstić information content (AvgIpc) is 2.28. The molecule has 2 rings (SSSR count). The van der Waals surface area contributed by atoms with Gasteiger partial charge in [-0.25, -0.2) is 17.5 Å². The molecule has 0 spiro atoms. The lowest BCUT2D eigenvalue weighted by Gasteiger charge is -2.40. The number of halogens is 2. The summed E-state index contributed by atoms with van der Waals surface area (Å²) in [6.45, 7) is -0.269. The zero-order valence-electron chi connectivity index (χ0n) is 9.99. The molecule has 8 heteroatoms. The van der Waals surface area contributed by atoms with Crippen LogP contribution in [0.4, 0.5) is 10.1 Å². The second kappa shape index (κ2) is 5.01. The van der Waals surface area contributed by atoms with Gasteiger partial charge in [0.2, 0.25) is 10.0 Å². The SMILES string of the molecule is Nc1cc(F)c(Br)cc1S(=O)(=O)NC1(CO)CCC1. The van der Waals surface area contributed by atoms with E-state index in [1.165, 1.54) is 0 Å². The minimum atomic E-state index is -3.89. The number of rotatable bonds is 4. The molecule has 0 heterocycles. The highest BCUT2D eigenvalue weighted by Crippen LogP contribution is 2.34. The standard InChI is InChI=1S/C11H14BrFN2O3S/c12-7-4-10(9(14)5-8(7)13)19(17,18)15-11(6-16)2-1-3-11/h4-5,15-16H,1-3,6,14H2. The molecule has 0 aliphatic heterocycles. The molecule has 5 nitrogen and oxygen atoms in total. The zero-order valence-corrected chi connectivity index (χ0v) is 12.4. The van der Waals surface area contributed by atoms with Crippen LogP contribution in [0.3, 0.4) is 0 Å². The topological polar surface area (TPSA) is 92.4 Å². The second-order valence-corrected chi connectivity index (χ2v) is 7.21. The van der Waals surface area contributed by atoms with Gasteiger partial charge >= 0.3 is 0 Å². The van der Waals surface area contributed by atoms with E-state index in [9.17, 15) is 17.9 Å². The zero-order chi connectivity index (χ0) is 14.3. The van der Waals surface area contributed by atoms with Gasteiger partial charge in [0.15, 0.2) is 0 Å². The van der Waals surface area contributed by atoms with Crippen LogP contribution in [0.2, 0.25) is 0 Å². The maximum Gasteiger partial charge on any atom is 0.243 e. The van der Waals surface area contributed by atoms with E-state index in [-0.39, 0.29) is 21.7 Å². The molecule has 1 aliphatic carbocycles. The first-order valence-electron chi connectivity index (χ1n) is 5.69. The maximum absolute atomic E-state index is 13.2. The van der Waals surface area contributed by atoms with E-state index >= 15 is 0 Å². The van der Waals surface area contributed by atoms with Gasteiger partial charge in [-0.1, -0.05) is 0 Å². The summed E-state index contributed by atoms with van der Waals surface area (Å²) >= 11 is 2.93. The number of aliphatic hydroxyl groups excluding tert-OH is 1. The molecule has 0 unspecified atom stereocenters. The molecule has 0 aromatic heterocycles. The Kier molecular flexibility index (Phi) is 3.87. The van der Waals surface area contributed by atoms with Gasteiger partial charge in [0.25, 0.3) is 0 Å². The van der Waals surface area contributed by atoms with Crippen molar-refractivity contribution in [2.45, 2.75) is 29.7 Å². The first-order chi connectivity index (χ1) is 8.80. The van der Waals surface area contributed by atoms with Crippen LogP contribution in [0.1, 0.15) is 19.3 Å². The number of hydrogen-bond acceptors (Lipinski definition) is 4. The molecule has 4 N–H and O–H groups in total. The van der Waals surface area contributed by atoms with Crippen molar-refractivity contribution in [3.63, 3.8) is 0 Å². The lowest BCUT2D eigenvalue weighted by molar-refractivity contribution is 0.110. The molecule has 1 saturated carbocycles. The number of nitrogens with one attached hydrogen (secondary N) is 1. The van der Waals surface area contributed by atoms with Crippen molar-refractivity contribution in [1.29, 1.82) is 0 Å². The second-order valence-electron chi connectivity index (χ2n) is 4.70. The molecule has 0 amide bonds. The summed E-state index contributed by atoms with van der Waals surface area (Å²) < 4.78 is 40.2. The predicted octanol–water partition coefficient (Wildman–Crippen LogP) is 1.36. The van der Waals surface area contributed by atoms with E-state index in [0.717, 1.165) is 18.6 Å². The molecule has 19 heavy (non-hydrogen) atoms. The van der Waals surface area contributed by atoms with Crippen LogP contribution in [0, 0.1) is 5.82 Å². The quantitative estimate of drug-likeness (QED) is 0.713. The Morgan fingerprint density at radius 1 is 1.47 bits per heavy atom. The fourth-order valence-corrected chi connectivity index (χ4v) is 4.10. The van der Waals surface area contributed by atoms with Gasteiger partial charge in [-0.15, -0.1) is 0 Å². The molecule has 0 saturated heterocycles. The third-order valence-corrected chi connectivity index (χ3v) is 5.55. The van der Waals surface area contributed by atoms with Crippen LogP contribution in [0.15, 0.2) is 21.5 Å². The number of sulfonamides is 1. The summed E-state index contributed by atoms with van der Waals surface area (Å²) in [7, 11) is -3.89. The fraction of sp³-hybridized carbons (Fsp3) is 0.455. The largest absolute Gasteiger partial charge is 0.398 e. The van der Waals surface area contributed by atoms with E-state index < -0.39 is 21.4 Å². The van der Waals surface area contributed by atoms with Gasteiger partial charge in [-0.3, -0.25) is 0 Å². The van der Waals surface area contributed by atoms with Crippen molar-refractivity contribution in [3.8, 4) is 0 Å². The molecule has 1 aromatic carbocycles. The van der Waals surface area contributed by atoms with Crippen molar-refractivity contribution >= 4 is 31.6 Å². The van der Waals surface area contributed by atoms with Crippen molar-refractivity contribution in [2.24, 2.45) is 0 Å². The Morgan fingerprint density at radius 3 is 2.58 bits per heavy atom. The van der Waals surface area contributed by atoms with E-state index in [1.54, 1.807) is 0 Å². The normalized spacial score (nSPS) is 18.1. The van der Waals surface area contributed by atoms with E-state index in [1.807, 2.05) is 0 Å². The first kappa shape index (κ1) is 14.7. The summed E-state index contributed by atoms with van der Waals surface area (Å²) in [5.74, 6) is -0.628. The number of nitrogen functional groups attached to an aromatic ring is 1. The van der Waals surface area contributed by atoms with Gasteiger partial charge in [0.05, 0.1) is 22.3 Å². The van der Waals surface area contributed by atoms with Gasteiger partial charge in [0.1, 0.15) is 10.7 Å². The minimum Gasteiger partial charge on any atom is -0.398 e. The first-order valence-corrected chi connectivity index (χ1v) is 7.97. The summed E-state index contributed by atoms with van der Waals surface area (Å²) in [4.78, 5) is -0.194. The number of benzene rings is 1. The van der Waals surface area contributed by atoms with E-state index in [0.29, 0.717) is 12.8 Å². The lowest BCUT2D eigenvalue weighted by Crippen LogP contribution is -2.56. The molecule has 0 atom stereocenters. The Labute approximate surface area is 119 Å². The van der Waals surface area contributed by atoms with Crippen LogP contribution in [0.5, 0.6) is 0 Å². The van der Waals surface area contributed by atoms with Crippen LogP contribution in [-0.4, -0.2) is 25.7 Å². The highest BCUT2D eigenvalue weighted by Gasteiger charge is 2.40. The van der Waals surface area contributed by atoms with Gasteiger partial charge in [-0.2, -0.15) is 0 Å². The minimum absolute atomic E-state index is 0.0220. The van der Waals surface area contributed by atoms with Crippen LogP contribution in [0.25, 0.3) is 0 Å². The molecule has 0 bridgehead atoms. The van der Waals surface area contributed by atoms with Crippen molar-refractivity contribution in [2.75, 3.05) is 12.3 Å². The molecular formula is C11H14BrFN2O3S. The summed E-state index contributed by atoms with van der Waals surface area (Å²) in [6, 6.07) is 2.07. The third-order valence-electron chi connectivity index (χ3n) is 3.31. The van der Waals surface area contributed by atoms with Gasteiger partial charge < -0.3 is 10.8 Å². The highest BCUT2D eigenvalue weighted by molar-refractivity contribution is 9.10. The number of anilines is 1. The summed E-state index contributed by atoms with van der Waals surface area (Å²) in [5.41, 5.74) is 4.57. The fourth-order valence-electron chi connectivity index (χ4n) is 2.01. The number of hydrogen-bond donors (Lipinski definition) is 3. The Morgan fingerprint density at radius 2 is 2.11 bits per heavy atom. The third kappa shape index (κ3) is 2.76.